The van der Waals surface area contributed by atoms with Crippen LogP contribution in [-0.2, 0) is 11.3 Å². The lowest BCUT2D eigenvalue weighted by molar-refractivity contribution is 0.0513. The molecule has 0 aliphatic carbocycles. The Morgan fingerprint density at radius 2 is 1.95 bits per heavy atom. The first-order valence-corrected chi connectivity index (χ1v) is 7.84. The number of hydrogen-bond acceptors (Lipinski definition) is 5. The summed E-state index contributed by atoms with van der Waals surface area (Å²) >= 11 is 4.16. The van der Waals surface area contributed by atoms with E-state index in [-0.39, 0.29) is 29.5 Å². The molecule has 0 spiro atoms. The highest BCUT2D eigenvalue weighted by molar-refractivity contribution is 9.10. The van der Waals surface area contributed by atoms with E-state index in [4.69, 9.17) is 4.74 Å². The second-order valence-corrected chi connectivity index (χ2v) is 5.86. The summed E-state index contributed by atoms with van der Waals surface area (Å²) in [6.45, 7) is 1.71. The van der Waals surface area contributed by atoms with Gasteiger partial charge in [-0.2, -0.15) is 0 Å². The van der Waals surface area contributed by atoms with Crippen molar-refractivity contribution >= 4 is 39.0 Å². The van der Waals surface area contributed by atoms with Gasteiger partial charge in [-0.25, -0.2) is 4.79 Å². The Hall–Kier alpha value is -1.73. The van der Waals surface area contributed by atoms with E-state index in [2.05, 4.69) is 15.9 Å². The van der Waals surface area contributed by atoms with Gasteiger partial charge < -0.3 is 4.74 Å². The number of hydrogen-bond donors (Lipinski definition) is 0. The topological polar surface area (TPSA) is 65.4 Å². The first-order chi connectivity index (χ1) is 10.0. The third-order valence-corrected chi connectivity index (χ3v) is 4.03. The van der Waals surface area contributed by atoms with Crippen molar-refractivity contribution in [3.05, 3.63) is 55.0 Å². The fraction of sp³-hybridized carbons (Fsp3) is 0.214. The Balaban J connectivity index is 2.25. The molecule has 21 heavy (non-hydrogen) atoms. The maximum atomic E-state index is 12.2. The molecule has 0 atom stereocenters. The molecule has 0 saturated carbocycles. The van der Waals surface area contributed by atoms with Crippen LogP contribution in [-0.4, -0.2) is 22.9 Å². The molecule has 7 heteroatoms. The SMILES string of the molecule is CCOC(=O)c1csc(=O)n1CC(=O)c1ccc(Br)cc1. The maximum Gasteiger partial charge on any atom is 0.355 e. The second kappa shape index (κ2) is 6.82. The number of nitrogens with zero attached hydrogens (tertiary/aromatic N) is 1. The van der Waals surface area contributed by atoms with Gasteiger partial charge >= 0.3 is 10.8 Å². The minimum absolute atomic E-state index is 0.109. The molecular formula is C14H12BrNO4S. The molecule has 0 aliphatic rings. The summed E-state index contributed by atoms with van der Waals surface area (Å²) in [6.07, 6.45) is 0. The van der Waals surface area contributed by atoms with Gasteiger partial charge in [-0.15, -0.1) is 0 Å². The van der Waals surface area contributed by atoms with E-state index >= 15 is 0 Å². The molecular weight excluding hydrogens is 358 g/mol. The summed E-state index contributed by atoms with van der Waals surface area (Å²) in [5.74, 6) is -0.840. The van der Waals surface area contributed by atoms with Crippen molar-refractivity contribution in [3.63, 3.8) is 0 Å². The number of rotatable bonds is 5. The van der Waals surface area contributed by atoms with Crippen molar-refractivity contribution in [1.29, 1.82) is 0 Å². The number of benzene rings is 1. The van der Waals surface area contributed by atoms with Crippen molar-refractivity contribution in [3.8, 4) is 0 Å². The van der Waals surface area contributed by atoms with Crippen LogP contribution in [0.3, 0.4) is 0 Å². The van der Waals surface area contributed by atoms with Gasteiger partial charge in [-0.05, 0) is 19.1 Å². The number of aromatic nitrogens is 1. The van der Waals surface area contributed by atoms with Gasteiger partial charge in [0.15, 0.2) is 5.78 Å². The van der Waals surface area contributed by atoms with Crippen LogP contribution < -0.4 is 4.87 Å². The number of esters is 1. The Bertz CT molecular complexity index is 717. The zero-order valence-corrected chi connectivity index (χ0v) is 13.6. The van der Waals surface area contributed by atoms with Crippen LogP contribution in [0.25, 0.3) is 0 Å². The van der Waals surface area contributed by atoms with Crippen molar-refractivity contribution in [2.24, 2.45) is 0 Å². The Morgan fingerprint density at radius 3 is 2.57 bits per heavy atom. The summed E-state index contributed by atoms with van der Waals surface area (Å²) in [5, 5.41) is 1.41. The second-order valence-electron chi connectivity index (χ2n) is 4.12. The van der Waals surface area contributed by atoms with E-state index in [1.165, 1.54) is 5.38 Å². The standard InChI is InChI=1S/C14H12BrNO4S/c1-2-20-13(18)11-8-21-14(19)16(11)7-12(17)9-3-5-10(15)6-4-9/h3-6,8H,2,7H2,1H3. The normalized spacial score (nSPS) is 10.4. The van der Waals surface area contributed by atoms with Crippen LogP contribution in [0.5, 0.6) is 0 Å². The Morgan fingerprint density at radius 1 is 1.29 bits per heavy atom. The van der Waals surface area contributed by atoms with Gasteiger partial charge in [0.1, 0.15) is 5.69 Å². The summed E-state index contributed by atoms with van der Waals surface area (Å²) in [5.41, 5.74) is 0.587. The monoisotopic (exact) mass is 369 g/mol. The summed E-state index contributed by atoms with van der Waals surface area (Å²) in [4.78, 5) is 35.4. The zero-order chi connectivity index (χ0) is 15.4. The highest BCUT2D eigenvalue weighted by Gasteiger charge is 2.18. The summed E-state index contributed by atoms with van der Waals surface area (Å²) in [6, 6.07) is 6.81. The summed E-state index contributed by atoms with van der Waals surface area (Å²) < 4.78 is 6.88. The number of thiazole rings is 1. The van der Waals surface area contributed by atoms with Crippen LogP contribution >= 0.6 is 27.3 Å². The van der Waals surface area contributed by atoms with Crippen LogP contribution in [0.2, 0.25) is 0 Å². The average Bonchev–Trinajstić information content (AvgIpc) is 2.81. The van der Waals surface area contributed by atoms with E-state index in [9.17, 15) is 14.4 Å². The third kappa shape index (κ3) is 3.68. The first-order valence-electron chi connectivity index (χ1n) is 6.17. The fourth-order valence-electron chi connectivity index (χ4n) is 1.72. The summed E-state index contributed by atoms with van der Waals surface area (Å²) in [7, 11) is 0. The lowest BCUT2D eigenvalue weighted by atomic mass is 10.1. The highest BCUT2D eigenvalue weighted by Crippen LogP contribution is 2.12. The van der Waals surface area contributed by atoms with Crippen LogP contribution in [0.15, 0.2) is 38.9 Å². The molecule has 0 radical (unpaired) electrons. The van der Waals surface area contributed by atoms with Crippen molar-refractivity contribution in [2.75, 3.05) is 6.61 Å². The van der Waals surface area contributed by atoms with Crippen molar-refractivity contribution in [1.82, 2.24) is 4.57 Å². The van der Waals surface area contributed by atoms with Gasteiger partial charge in [-0.1, -0.05) is 39.4 Å². The third-order valence-electron chi connectivity index (χ3n) is 2.74. The first kappa shape index (κ1) is 15.7. The van der Waals surface area contributed by atoms with Crippen molar-refractivity contribution in [2.45, 2.75) is 13.5 Å². The van der Waals surface area contributed by atoms with Gasteiger partial charge in [0, 0.05) is 15.4 Å². The smallest absolute Gasteiger partial charge is 0.355 e. The lowest BCUT2D eigenvalue weighted by Gasteiger charge is -2.06. The Kier molecular flexibility index (Phi) is 5.08. The van der Waals surface area contributed by atoms with Gasteiger partial charge in [0.25, 0.3) is 0 Å². The lowest BCUT2D eigenvalue weighted by Crippen LogP contribution is -2.24. The molecule has 2 rings (SSSR count). The van der Waals surface area contributed by atoms with E-state index in [0.717, 1.165) is 20.4 Å². The van der Waals surface area contributed by atoms with E-state index in [0.29, 0.717) is 5.56 Å². The quantitative estimate of drug-likeness (QED) is 0.600. The molecule has 5 nitrogen and oxygen atoms in total. The molecule has 1 aromatic carbocycles. The molecule has 0 saturated heterocycles. The predicted molar refractivity (Wildman–Crippen MR) is 83.0 cm³/mol. The minimum atomic E-state index is -0.598. The molecule has 0 bridgehead atoms. The maximum absolute atomic E-state index is 12.2. The van der Waals surface area contributed by atoms with Crippen LogP contribution in [0.4, 0.5) is 0 Å². The molecule has 0 unspecified atom stereocenters. The fourth-order valence-corrected chi connectivity index (χ4v) is 2.71. The molecule has 0 aliphatic heterocycles. The molecule has 2 aromatic rings. The number of Topliss-reactive ketones (excluding diaryl/α,β-unsaturated/α-hetero) is 1. The van der Waals surface area contributed by atoms with Gasteiger partial charge in [-0.3, -0.25) is 14.2 Å². The number of ether oxygens (including phenoxy) is 1. The number of carbonyl (C=O) groups is 2. The molecule has 110 valence electrons. The Labute approximate surface area is 133 Å². The average molecular weight is 370 g/mol. The largest absolute Gasteiger partial charge is 0.461 e. The molecule has 1 aromatic heterocycles. The van der Waals surface area contributed by atoms with Crippen LogP contribution in [0.1, 0.15) is 27.8 Å². The van der Waals surface area contributed by atoms with E-state index < -0.39 is 5.97 Å². The van der Waals surface area contributed by atoms with Crippen LogP contribution in [0, 0.1) is 0 Å². The van der Waals surface area contributed by atoms with Crippen molar-refractivity contribution < 1.29 is 14.3 Å². The number of carbonyl (C=O) groups excluding carboxylic acids is 2. The van der Waals surface area contributed by atoms with E-state index in [1.807, 2.05) is 0 Å². The molecule has 0 amide bonds. The van der Waals surface area contributed by atoms with Gasteiger partial charge in [0.2, 0.25) is 0 Å². The number of halogens is 1. The van der Waals surface area contributed by atoms with E-state index in [1.54, 1.807) is 31.2 Å². The molecule has 0 N–H and O–H groups in total. The number of ketones is 1. The highest BCUT2D eigenvalue weighted by atomic mass is 79.9. The molecule has 0 fully saturated rings. The predicted octanol–water partition coefficient (Wildman–Crippen LogP) is 2.73. The minimum Gasteiger partial charge on any atom is -0.461 e. The molecule has 1 heterocycles. The zero-order valence-electron chi connectivity index (χ0n) is 11.2. The van der Waals surface area contributed by atoms with Gasteiger partial charge in [0.05, 0.1) is 13.2 Å².